The number of anilines is 1. The molecule has 0 aliphatic carbocycles. The van der Waals surface area contributed by atoms with E-state index in [1.165, 1.54) is 14.0 Å². The Bertz CT molecular complexity index is 875. The number of halogens is 4. The van der Waals surface area contributed by atoms with Gasteiger partial charge in [-0.15, -0.1) is 0 Å². The minimum Gasteiger partial charge on any atom is -0.493 e. The third kappa shape index (κ3) is 5.35. The van der Waals surface area contributed by atoms with Crippen molar-refractivity contribution in [2.24, 2.45) is 0 Å². The molecule has 28 heavy (non-hydrogen) atoms. The molecule has 1 N–H and O–H groups in total. The lowest BCUT2D eigenvalue weighted by molar-refractivity contribution is -0.123. The molecular formula is C18H15F4NO5. The number of esters is 1. The zero-order valence-corrected chi connectivity index (χ0v) is 14.7. The normalized spacial score (nSPS) is 11.7. The molecule has 0 radical (unpaired) electrons. The molecule has 0 heterocycles. The Morgan fingerprint density at radius 3 is 2.39 bits per heavy atom. The predicted molar refractivity (Wildman–Crippen MR) is 89.5 cm³/mol. The van der Waals surface area contributed by atoms with Gasteiger partial charge in [-0.1, -0.05) is 0 Å². The van der Waals surface area contributed by atoms with Crippen molar-refractivity contribution in [3.8, 4) is 11.5 Å². The van der Waals surface area contributed by atoms with Gasteiger partial charge in [0.05, 0.1) is 18.4 Å². The summed E-state index contributed by atoms with van der Waals surface area (Å²) in [6.07, 6.45) is -1.36. The molecule has 0 bridgehead atoms. The number of nitrogens with one attached hydrogen (secondary N) is 1. The first-order valence-electron chi connectivity index (χ1n) is 7.81. The molecule has 0 unspecified atom stereocenters. The van der Waals surface area contributed by atoms with Gasteiger partial charge in [0.1, 0.15) is 11.6 Å². The number of hydrogen-bond donors (Lipinski definition) is 1. The van der Waals surface area contributed by atoms with E-state index in [1.807, 2.05) is 0 Å². The van der Waals surface area contributed by atoms with Gasteiger partial charge in [-0.05, 0) is 37.3 Å². The van der Waals surface area contributed by atoms with Crippen LogP contribution in [0.15, 0.2) is 36.4 Å². The minimum atomic E-state index is -3.08. The summed E-state index contributed by atoms with van der Waals surface area (Å²) in [6, 6.07) is 5.79. The first-order valence-corrected chi connectivity index (χ1v) is 7.81. The summed E-state index contributed by atoms with van der Waals surface area (Å²) in [4.78, 5) is 24.2. The lowest BCUT2D eigenvalue weighted by Crippen LogP contribution is -2.30. The molecule has 1 atom stereocenters. The fourth-order valence-electron chi connectivity index (χ4n) is 2.10. The highest BCUT2D eigenvalue weighted by Gasteiger charge is 2.22. The van der Waals surface area contributed by atoms with Crippen molar-refractivity contribution in [1.82, 2.24) is 0 Å². The molecule has 0 saturated carbocycles. The summed E-state index contributed by atoms with van der Waals surface area (Å²) >= 11 is 0. The highest BCUT2D eigenvalue weighted by molar-refractivity contribution is 5.97. The number of alkyl halides is 2. The third-order valence-electron chi connectivity index (χ3n) is 3.45. The molecule has 0 aliphatic heterocycles. The SMILES string of the molecule is COc1cc(C(=O)O[C@@H](C)C(=O)Nc2cc(F)ccc2F)ccc1OC(F)F. The number of hydrogen-bond acceptors (Lipinski definition) is 5. The standard InChI is InChI=1S/C18H15F4NO5/c1-9(16(24)23-13-8-11(19)4-5-12(13)20)27-17(25)10-3-6-14(28-18(21)22)15(7-10)26-2/h3-9,18H,1-2H3,(H,23,24)/t9-/m0/s1. The van der Waals surface area contributed by atoms with Crippen LogP contribution in [-0.2, 0) is 9.53 Å². The number of benzene rings is 2. The van der Waals surface area contributed by atoms with Crippen molar-refractivity contribution < 1.29 is 41.4 Å². The van der Waals surface area contributed by atoms with Crippen molar-refractivity contribution in [2.45, 2.75) is 19.6 Å². The van der Waals surface area contributed by atoms with Gasteiger partial charge in [0.2, 0.25) is 0 Å². The summed E-state index contributed by atoms with van der Waals surface area (Å²) in [5, 5.41) is 2.10. The molecule has 0 aliphatic rings. The number of amides is 1. The molecule has 0 spiro atoms. The molecule has 0 saturated heterocycles. The number of rotatable bonds is 7. The van der Waals surface area contributed by atoms with Crippen LogP contribution in [0.4, 0.5) is 23.2 Å². The molecule has 2 rings (SSSR count). The van der Waals surface area contributed by atoms with Gasteiger partial charge in [0.15, 0.2) is 17.6 Å². The van der Waals surface area contributed by atoms with E-state index in [1.54, 1.807) is 0 Å². The van der Waals surface area contributed by atoms with E-state index < -0.39 is 41.9 Å². The lowest BCUT2D eigenvalue weighted by Gasteiger charge is -2.15. The summed E-state index contributed by atoms with van der Waals surface area (Å²) < 4.78 is 65.4. The fourth-order valence-corrected chi connectivity index (χ4v) is 2.10. The summed E-state index contributed by atoms with van der Waals surface area (Å²) in [6.45, 7) is -1.87. The van der Waals surface area contributed by atoms with E-state index in [2.05, 4.69) is 10.1 Å². The Balaban J connectivity index is 2.07. The van der Waals surface area contributed by atoms with Crippen molar-refractivity contribution in [3.05, 3.63) is 53.6 Å². The summed E-state index contributed by atoms with van der Waals surface area (Å²) in [5.74, 6) is -3.94. The second-order valence-electron chi connectivity index (χ2n) is 5.41. The number of carbonyl (C=O) groups is 2. The topological polar surface area (TPSA) is 73.9 Å². The van der Waals surface area contributed by atoms with Crippen molar-refractivity contribution in [1.29, 1.82) is 0 Å². The van der Waals surface area contributed by atoms with Crippen LogP contribution in [0.5, 0.6) is 11.5 Å². The van der Waals surface area contributed by atoms with Crippen molar-refractivity contribution in [3.63, 3.8) is 0 Å². The number of carbonyl (C=O) groups excluding carboxylic acids is 2. The zero-order chi connectivity index (χ0) is 20.8. The van der Waals surface area contributed by atoms with E-state index >= 15 is 0 Å². The largest absolute Gasteiger partial charge is 0.493 e. The van der Waals surface area contributed by atoms with Gasteiger partial charge in [-0.25, -0.2) is 13.6 Å². The van der Waals surface area contributed by atoms with E-state index in [0.717, 1.165) is 36.4 Å². The molecule has 1 amide bonds. The maximum atomic E-state index is 13.6. The number of ether oxygens (including phenoxy) is 3. The maximum absolute atomic E-state index is 13.6. The first-order chi connectivity index (χ1) is 13.2. The molecule has 6 nitrogen and oxygen atoms in total. The van der Waals surface area contributed by atoms with Crippen LogP contribution < -0.4 is 14.8 Å². The average molecular weight is 401 g/mol. The highest BCUT2D eigenvalue weighted by Crippen LogP contribution is 2.29. The molecule has 0 fully saturated rings. The van der Waals surface area contributed by atoms with Crippen molar-refractivity contribution in [2.75, 3.05) is 12.4 Å². The summed E-state index contributed by atoms with van der Waals surface area (Å²) in [5.41, 5.74) is -0.516. The predicted octanol–water partition coefficient (Wildman–Crippen LogP) is 3.76. The molecule has 2 aromatic carbocycles. The second-order valence-corrected chi connectivity index (χ2v) is 5.41. The quantitative estimate of drug-likeness (QED) is 0.565. The Labute approximate surface area is 157 Å². The third-order valence-corrected chi connectivity index (χ3v) is 3.45. The second kappa shape index (κ2) is 9.07. The van der Waals surface area contributed by atoms with Crippen molar-refractivity contribution >= 4 is 17.6 Å². The van der Waals surface area contributed by atoms with Gasteiger partial charge < -0.3 is 19.5 Å². The van der Waals surface area contributed by atoms with Crippen LogP contribution in [0.3, 0.4) is 0 Å². The molecule has 150 valence electrons. The van der Waals surface area contributed by atoms with Crippen LogP contribution in [0, 0.1) is 11.6 Å². The van der Waals surface area contributed by atoms with Crippen LogP contribution >= 0.6 is 0 Å². The highest BCUT2D eigenvalue weighted by atomic mass is 19.3. The van der Waals surface area contributed by atoms with E-state index in [-0.39, 0.29) is 17.1 Å². The molecule has 2 aromatic rings. The Hall–Kier alpha value is -3.30. The lowest BCUT2D eigenvalue weighted by atomic mass is 10.2. The van der Waals surface area contributed by atoms with Crippen LogP contribution in [0.2, 0.25) is 0 Å². The Morgan fingerprint density at radius 2 is 1.75 bits per heavy atom. The van der Waals surface area contributed by atoms with E-state index in [9.17, 15) is 27.2 Å². The molecule has 0 aromatic heterocycles. The van der Waals surface area contributed by atoms with Gasteiger partial charge in [-0.3, -0.25) is 4.79 Å². The van der Waals surface area contributed by atoms with Crippen LogP contribution in [-0.4, -0.2) is 31.7 Å². The summed E-state index contributed by atoms with van der Waals surface area (Å²) in [7, 11) is 1.19. The number of methoxy groups -OCH3 is 1. The monoisotopic (exact) mass is 401 g/mol. The minimum absolute atomic E-state index is 0.102. The Kier molecular flexibility index (Phi) is 6.80. The maximum Gasteiger partial charge on any atom is 0.387 e. The van der Waals surface area contributed by atoms with Gasteiger partial charge in [-0.2, -0.15) is 8.78 Å². The average Bonchev–Trinajstić information content (AvgIpc) is 2.64. The van der Waals surface area contributed by atoms with Crippen LogP contribution in [0.25, 0.3) is 0 Å². The molecular weight excluding hydrogens is 386 g/mol. The van der Waals surface area contributed by atoms with Gasteiger partial charge >= 0.3 is 12.6 Å². The van der Waals surface area contributed by atoms with Gasteiger partial charge in [0, 0.05) is 6.07 Å². The van der Waals surface area contributed by atoms with E-state index in [0.29, 0.717) is 0 Å². The smallest absolute Gasteiger partial charge is 0.387 e. The molecule has 10 heteroatoms. The fraction of sp³-hybridized carbons (Fsp3) is 0.222. The van der Waals surface area contributed by atoms with E-state index in [4.69, 9.17) is 9.47 Å². The zero-order valence-electron chi connectivity index (χ0n) is 14.7. The Morgan fingerprint density at radius 1 is 1.04 bits per heavy atom. The first kappa shape index (κ1) is 21.0. The van der Waals surface area contributed by atoms with Crippen LogP contribution in [0.1, 0.15) is 17.3 Å². The van der Waals surface area contributed by atoms with Gasteiger partial charge in [0.25, 0.3) is 5.91 Å².